The molecule has 6 nitrogen and oxygen atoms in total. The highest BCUT2D eigenvalue weighted by Gasteiger charge is 2.27. The Balaban J connectivity index is 1.18. The summed E-state index contributed by atoms with van der Waals surface area (Å²) in [5, 5.41) is 12.5. The summed E-state index contributed by atoms with van der Waals surface area (Å²) < 4.78 is 0. The van der Waals surface area contributed by atoms with Crippen molar-refractivity contribution < 1.29 is 9.90 Å². The van der Waals surface area contributed by atoms with Crippen molar-refractivity contribution in [3.63, 3.8) is 0 Å². The van der Waals surface area contributed by atoms with Crippen molar-refractivity contribution in [3.8, 4) is 5.75 Å². The van der Waals surface area contributed by atoms with Gasteiger partial charge in [0.05, 0.1) is 10.9 Å². The molecule has 2 N–H and O–H groups in total. The molecule has 1 aromatic heterocycles. The number of unbranched alkanes of at least 4 members (excludes halogenated alkanes) is 1. The number of fused-ring (bicyclic) bond motifs is 1. The maximum Gasteiger partial charge on any atom is 0.237 e. The van der Waals surface area contributed by atoms with Gasteiger partial charge in [-0.05, 0) is 62.2 Å². The van der Waals surface area contributed by atoms with Crippen LogP contribution in [-0.4, -0.2) is 58.9 Å². The van der Waals surface area contributed by atoms with Gasteiger partial charge in [0.1, 0.15) is 11.6 Å². The smallest absolute Gasteiger partial charge is 0.237 e. The molecule has 4 rings (SSSR count). The predicted molar refractivity (Wildman–Crippen MR) is 118 cm³/mol. The van der Waals surface area contributed by atoms with Crippen LogP contribution in [0.25, 0.3) is 0 Å². The lowest BCUT2D eigenvalue weighted by molar-refractivity contribution is -0.115. The number of anilines is 2. The fourth-order valence-electron chi connectivity index (χ4n) is 3.88. The third kappa shape index (κ3) is 5.03. The van der Waals surface area contributed by atoms with Crippen LogP contribution >= 0.6 is 11.8 Å². The van der Waals surface area contributed by atoms with Gasteiger partial charge < -0.3 is 15.3 Å². The molecule has 29 heavy (non-hydrogen) atoms. The highest BCUT2D eigenvalue weighted by Crippen LogP contribution is 2.39. The first-order valence-corrected chi connectivity index (χ1v) is 11.2. The number of piperazine rings is 1. The molecule has 2 aliphatic heterocycles. The van der Waals surface area contributed by atoms with Crippen molar-refractivity contribution in [2.45, 2.75) is 36.3 Å². The second kappa shape index (κ2) is 9.05. The lowest BCUT2D eigenvalue weighted by Crippen LogP contribution is -2.47. The Morgan fingerprint density at radius 2 is 2.00 bits per heavy atom. The van der Waals surface area contributed by atoms with Crippen molar-refractivity contribution in [3.05, 3.63) is 42.1 Å². The van der Waals surface area contributed by atoms with Gasteiger partial charge in [-0.2, -0.15) is 0 Å². The highest BCUT2D eigenvalue weighted by molar-refractivity contribution is 8.01. The number of nitrogens with one attached hydrogen (secondary N) is 1. The first-order valence-electron chi connectivity index (χ1n) is 10.3. The van der Waals surface area contributed by atoms with Crippen LogP contribution in [0.5, 0.6) is 5.75 Å². The number of phenols is 1. The van der Waals surface area contributed by atoms with Crippen LogP contribution in [0, 0.1) is 6.92 Å². The molecule has 7 heteroatoms. The molecule has 0 spiro atoms. The summed E-state index contributed by atoms with van der Waals surface area (Å²) >= 11 is 1.57. The van der Waals surface area contributed by atoms with E-state index < -0.39 is 0 Å². The van der Waals surface area contributed by atoms with Crippen molar-refractivity contribution >= 4 is 29.2 Å². The summed E-state index contributed by atoms with van der Waals surface area (Å²) in [5.74, 6) is 1.40. The van der Waals surface area contributed by atoms with Gasteiger partial charge in [-0.3, -0.25) is 9.69 Å². The number of carbonyl (C=O) groups is 1. The van der Waals surface area contributed by atoms with Crippen molar-refractivity contribution in [1.29, 1.82) is 0 Å². The number of thioether (sulfide) groups is 1. The fraction of sp³-hybridized carbons (Fsp3) is 0.455. The van der Waals surface area contributed by atoms with Crippen LogP contribution in [0.2, 0.25) is 0 Å². The summed E-state index contributed by atoms with van der Waals surface area (Å²) in [6.07, 6.45) is 4.87. The molecule has 1 saturated heterocycles. The van der Waals surface area contributed by atoms with Gasteiger partial charge in [0.15, 0.2) is 0 Å². The van der Waals surface area contributed by atoms with E-state index in [0.717, 1.165) is 68.4 Å². The minimum absolute atomic E-state index is 0.0754. The lowest BCUT2D eigenvalue weighted by atomic mass is 10.1. The third-order valence-electron chi connectivity index (χ3n) is 5.57. The summed E-state index contributed by atoms with van der Waals surface area (Å²) in [6.45, 7) is 7.32. The SMILES string of the molecule is Cc1ccnc(N2CCN(CCCCC3Sc4cc(O)ccc4NC3=O)CC2)c1. The van der Waals surface area contributed by atoms with Gasteiger partial charge in [0.25, 0.3) is 0 Å². The first kappa shape index (κ1) is 20.0. The van der Waals surface area contributed by atoms with Crippen molar-refractivity contribution in [1.82, 2.24) is 9.88 Å². The normalized spacial score (nSPS) is 19.7. The molecule has 1 amide bonds. The van der Waals surface area contributed by atoms with Crippen LogP contribution in [0.1, 0.15) is 24.8 Å². The van der Waals surface area contributed by atoms with Crippen LogP contribution < -0.4 is 10.2 Å². The van der Waals surface area contributed by atoms with Gasteiger partial charge in [0, 0.05) is 37.3 Å². The topological polar surface area (TPSA) is 68.7 Å². The highest BCUT2D eigenvalue weighted by atomic mass is 32.2. The molecular weight excluding hydrogens is 384 g/mol. The zero-order valence-electron chi connectivity index (χ0n) is 16.8. The molecule has 2 aliphatic rings. The number of rotatable bonds is 6. The van der Waals surface area contributed by atoms with E-state index in [2.05, 4.69) is 33.1 Å². The van der Waals surface area contributed by atoms with E-state index >= 15 is 0 Å². The molecule has 0 saturated carbocycles. The van der Waals surface area contributed by atoms with E-state index in [1.165, 1.54) is 5.56 Å². The Labute approximate surface area is 176 Å². The molecule has 154 valence electrons. The van der Waals surface area contributed by atoms with Gasteiger partial charge >= 0.3 is 0 Å². The number of amides is 1. The number of benzene rings is 1. The number of aromatic nitrogens is 1. The minimum atomic E-state index is -0.0754. The molecule has 0 aliphatic carbocycles. The van der Waals surface area contributed by atoms with E-state index in [4.69, 9.17) is 0 Å². The molecule has 1 fully saturated rings. The number of pyridine rings is 1. The molecule has 1 aromatic carbocycles. The second-order valence-electron chi connectivity index (χ2n) is 7.79. The zero-order chi connectivity index (χ0) is 20.2. The molecule has 0 radical (unpaired) electrons. The molecule has 1 unspecified atom stereocenters. The fourth-order valence-corrected chi connectivity index (χ4v) is 5.07. The summed E-state index contributed by atoms with van der Waals surface area (Å²) in [7, 11) is 0. The predicted octanol–water partition coefficient (Wildman–Crippen LogP) is 3.50. The van der Waals surface area contributed by atoms with Gasteiger partial charge in [-0.1, -0.05) is 6.42 Å². The monoisotopic (exact) mass is 412 g/mol. The van der Waals surface area contributed by atoms with Crippen molar-refractivity contribution in [2.24, 2.45) is 0 Å². The van der Waals surface area contributed by atoms with E-state index in [1.54, 1.807) is 30.0 Å². The number of hydrogen-bond donors (Lipinski definition) is 2. The third-order valence-corrected chi connectivity index (χ3v) is 6.90. The van der Waals surface area contributed by atoms with Crippen molar-refractivity contribution in [2.75, 3.05) is 42.9 Å². The lowest BCUT2D eigenvalue weighted by Gasteiger charge is -2.35. The molecule has 0 bridgehead atoms. The Hall–Kier alpha value is -2.25. The van der Waals surface area contributed by atoms with Gasteiger partial charge in [-0.25, -0.2) is 4.98 Å². The second-order valence-corrected chi connectivity index (χ2v) is 9.04. The number of carbonyl (C=O) groups excluding carboxylic acids is 1. The van der Waals surface area contributed by atoms with E-state index in [1.807, 2.05) is 12.3 Å². The number of phenolic OH excluding ortho intramolecular Hbond substituents is 1. The summed E-state index contributed by atoms with van der Waals surface area (Å²) in [5.41, 5.74) is 2.05. The quantitative estimate of drug-likeness (QED) is 0.559. The summed E-state index contributed by atoms with van der Waals surface area (Å²) in [6, 6.07) is 9.29. The average Bonchev–Trinajstić information content (AvgIpc) is 2.72. The van der Waals surface area contributed by atoms with Crippen LogP contribution in [0.3, 0.4) is 0 Å². The molecular formula is C22H28N4O2S. The largest absolute Gasteiger partial charge is 0.508 e. The zero-order valence-corrected chi connectivity index (χ0v) is 17.6. The minimum Gasteiger partial charge on any atom is -0.508 e. The molecule has 1 atom stereocenters. The number of aromatic hydroxyl groups is 1. The summed E-state index contributed by atoms with van der Waals surface area (Å²) in [4.78, 5) is 22.6. The van der Waals surface area contributed by atoms with Crippen LogP contribution in [0.15, 0.2) is 41.4 Å². The maximum atomic E-state index is 12.3. The number of aryl methyl sites for hydroxylation is 1. The van der Waals surface area contributed by atoms with Crippen LogP contribution in [0.4, 0.5) is 11.5 Å². The Morgan fingerprint density at radius 1 is 1.17 bits per heavy atom. The Morgan fingerprint density at radius 3 is 2.79 bits per heavy atom. The number of nitrogens with zero attached hydrogens (tertiary/aromatic N) is 3. The number of hydrogen-bond acceptors (Lipinski definition) is 6. The standard InChI is InChI=1S/C22H28N4O2S/c1-16-7-8-23-21(14-16)26-12-10-25(11-13-26)9-3-2-4-19-22(28)24-18-6-5-17(27)15-20(18)29-19/h5-8,14-15,19,27H,2-4,9-13H2,1H3,(H,24,28). The van der Waals surface area contributed by atoms with E-state index in [9.17, 15) is 9.90 Å². The first-order chi connectivity index (χ1) is 14.1. The van der Waals surface area contributed by atoms with Crippen LogP contribution in [-0.2, 0) is 4.79 Å². The Bertz CT molecular complexity index is 868. The van der Waals surface area contributed by atoms with Gasteiger partial charge in [-0.15, -0.1) is 11.8 Å². The average molecular weight is 413 g/mol. The molecule has 2 aromatic rings. The van der Waals surface area contributed by atoms with E-state index in [-0.39, 0.29) is 16.9 Å². The molecule has 3 heterocycles. The van der Waals surface area contributed by atoms with E-state index in [0.29, 0.717) is 0 Å². The van der Waals surface area contributed by atoms with Gasteiger partial charge in [0.2, 0.25) is 5.91 Å². The maximum absolute atomic E-state index is 12.3. The Kier molecular flexibility index (Phi) is 6.25.